The Morgan fingerprint density at radius 2 is 2.03 bits per heavy atom. The SMILES string of the molecule is C[C@@H]1[C@@H]([Si](C)(C)O)[C@H](CC(=O)N2CCC[C@H]2CO)O[C@@H]1CCc1cccc(N2CCOC2=O)c1. The molecular weight excluding hydrogens is 452 g/mol. The zero-order valence-electron chi connectivity index (χ0n) is 20.5. The number of aliphatic hydroxyl groups is 1. The number of rotatable bonds is 8. The van der Waals surface area contributed by atoms with Gasteiger partial charge in [0.1, 0.15) is 6.61 Å². The Morgan fingerprint density at radius 3 is 2.71 bits per heavy atom. The van der Waals surface area contributed by atoms with Crippen LogP contribution in [-0.4, -0.2) is 79.7 Å². The molecule has 3 saturated heterocycles. The van der Waals surface area contributed by atoms with Gasteiger partial charge in [0, 0.05) is 17.8 Å². The van der Waals surface area contributed by atoms with Crippen molar-refractivity contribution in [1.82, 2.24) is 4.90 Å². The van der Waals surface area contributed by atoms with Crippen molar-refractivity contribution in [3.05, 3.63) is 29.8 Å². The Kier molecular flexibility index (Phi) is 7.66. The van der Waals surface area contributed by atoms with Crippen molar-refractivity contribution in [2.24, 2.45) is 5.92 Å². The third-order valence-electron chi connectivity index (χ3n) is 7.70. The standard InChI is InChI=1S/C25H38N2O6Si/c1-17-21(10-9-18-6-4-7-19(14-18)27-12-13-32-25(27)30)33-22(24(17)34(2,3)31)15-23(29)26-11-5-8-20(26)16-28/h4,6-7,14,17,20-22,24,28,31H,5,8-13,15-16H2,1-3H3/t17-,20-,21+,22-,24+/m0/s1. The minimum absolute atomic E-state index is 0.00578. The number of aryl methyl sites for hydroxylation is 1. The number of carbonyl (C=O) groups excluding carboxylic acids is 2. The van der Waals surface area contributed by atoms with E-state index in [2.05, 4.69) is 13.0 Å². The monoisotopic (exact) mass is 490 g/mol. The fourth-order valence-electron chi connectivity index (χ4n) is 6.07. The van der Waals surface area contributed by atoms with Crippen molar-refractivity contribution in [2.45, 2.75) is 75.9 Å². The van der Waals surface area contributed by atoms with Crippen LogP contribution in [0.1, 0.15) is 38.2 Å². The first-order valence-electron chi connectivity index (χ1n) is 12.5. The second-order valence-corrected chi connectivity index (χ2v) is 14.5. The molecule has 0 radical (unpaired) electrons. The second kappa shape index (κ2) is 10.4. The summed E-state index contributed by atoms with van der Waals surface area (Å²) in [7, 11) is -2.57. The van der Waals surface area contributed by atoms with E-state index >= 15 is 0 Å². The molecule has 8 nitrogen and oxygen atoms in total. The fourth-order valence-corrected chi connectivity index (χ4v) is 8.67. The molecular formula is C25H38N2O6Si. The summed E-state index contributed by atoms with van der Waals surface area (Å²) in [6.07, 6.45) is 2.92. The van der Waals surface area contributed by atoms with Gasteiger partial charge in [-0.1, -0.05) is 19.1 Å². The van der Waals surface area contributed by atoms with E-state index in [1.54, 1.807) is 9.80 Å². The van der Waals surface area contributed by atoms with E-state index in [1.807, 2.05) is 31.3 Å². The first-order valence-corrected chi connectivity index (χ1v) is 15.5. The Hall–Kier alpha value is -1.94. The van der Waals surface area contributed by atoms with E-state index in [0.717, 1.165) is 36.9 Å². The summed E-state index contributed by atoms with van der Waals surface area (Å²) in [5.74, 6) is 0.163. The molecule has 188 valence electrons. The van der Waals surface area contributed by atoms with Gasteiger partial charge in [0.05, 0.1) is 37.8 Å². The van der Waals surface area contributed by atoms with E-state index in [-0.39, 0.29) is 54.7 Å². The summed E-state index contributed by atoms with van der Waals surface area (Å²) >= 11 is 0. The van der Waals surface area contributed by atoms with E-state index in [0.29, 0.717) is 19.7 Å². The predicted molar refractivity (Wildman–Crippen MR) is 131 cm³/mol. The molecule has 0 unspecified atom stereocenters. The van der Waals surface area contributed by atoms with E-state index in [4.69, 9.17) is 9.47 Å². The Bertz CT molecular complexity index is 890. The maximum Gasteiger partial charge on any atom is 0.414 e. The molecule has 1 aromatic carbocycles. The molecule has 0 aliphatic carbocycles. The number of carbonyl (C=O) groups is 2. The molecule has 0 spiro atoms. The van der Waals surface area contributed by atoms with Crippen LogP contribution in [0, 0.1) is 5.92 Å². The van der Waals surface area contributed by atoms with Gasteiger partial charge in [-0.15, -0.1) is 0 Å². The zero-order chi connectivity index (χ0) is 24.5. The maximum atomic E-state index is 13.1. The molecule has 3 heterocycles. The van der Waals surface area contributed by atoms with E-state index in [1.165, 1.54) is 0 Å². The van der Waals surface area contributed by atoms with Gasteiger partial charge in [0.2, 0.25) is 5.91 Å². The van der Waals surface area contributed by atoms with Gasteiger partial charge in [-0.3, -0.25) is 9.69 Å². The fraction of sp³-hybridized carbons (Fsp3) is 0.680. The van der Waals surface area contributed by atoms with Crippen molar-refractivity contribution in [3.63, 3.8) is 0 Å². The van der Waals surface area contributed by atoms with Crippen molar-refractivity contribution < 1.29 is 29.0 Å². The van der Waals surface area contributed by atoms with Crippen molar-refractivity contribution in [2.75, 3.05) is 31.2 Å². The summed E-state index contributed by atoms with van der Waals surface area (Å²) in [5, 5.41) is 9.61. The molecule has 3 aliphatic rings. The number of cyclic esters (lactones) is 1. The lowest BCUT2D eigenvalue weighted by Crippen LogP contribution is -2.43. The lowest BCUT2D eigenvalue weighted by Gasteiger charge is -2.31. The van der Waals surface area contributed by atoms with Crippen molar-refractivity contribution >= 4 is 26.0 Å². The highest BCUT2D eigenvalue weighted by Crippen LogP contribution is 2.46. The van der Waals surface area contributed by atoms with Gasteiger partial charge >= 0.3 is 6.09 Å². The highest BCUT2D eigenvalue weighted by atomic mass is 28.4. The minimum atomic E-state index is -2.57. The zero-order valence-corrected chi connectivity index (χ0v) is 21.5. The van der Waals surface area contributed by atoms with Crippen LogP contribution in [0.5, 0.6) is 0 Å². The van der Waals surface area contributed by atoms with Gasteiger partial charge < -0.3 is 24.3 Å². The molecule has 2 amide bonds. The molecule has 4 rings (SSSR count). The predicted octanol–water partition coefficient (Wildman–Crippen LogP) is 2.92. The quantitative estimate of drug-likeness (QED) is 0.544. The smallest absolute Gasteiger partial charge is 0.414 e. The number of likely N-dealkylation sites (tertiary alicyclic amines) is 1. The van der Waals surface area contributed by atoms with Gasteiger partial charge in [-0.25, -0.2) is 4.79 Å². The molecule has 0 bridgehead atoms. The van der Waals surface area contributed by atoms with Gasteiger partial charge in [-0.2, -0.15) is 0 Å². The Labute approximate surface area is 203 Å². The number of benzene rings is 1. The number of nitrogens with zero attached hydrogens (tertiary/aromatic N) is 2. The third-order valence-corrected chi connectivity index (χ3v) is 10.2. The molecule has 0 aromatic heterocycles. The van der Waals surface area contributed by atoms with E-state index in [9.17, 15) is 19.5 Å². The van der Waals surface area contributed by atoms with Crippen LogP contribution in [0.25, 0.3) is 0 Å². The average molecular weight is 491 g/mol. The molecule has 0 saturated carbocycles. The topological polar surface area (TPSA) is 99.5 Å². The number of amides is 2. The first kappa shape index (κ1) is 25.2. The molecule has 34 heavy (non-hydrogen) atoms. The van der Waals surface area contributed by atoms with Crippen molar-refractivity contribution in [1.29, 1.82) is 0 Å². The number of aliphatic hydroxyl groups excluding tert-OH is 1. The summed E-state index contributed by atoms with van der Waals surface area (Å²) < 4.78 is 11.5. The average Bonchev–Trinajstić information content (AvgIpc) is 3.50. The maximum absolute atomic E-state index is 13.1. The summed E-state index contributed by atoms with van der Waals surface area (Å²) in [6.45, 7) is 7.65. The summed E-state index contributed by atoms with van der Waals surface area (Å²) in [5.41, 5.74) is 1.93. The number of ether oxygens (including phenoxy) is 2. The molecule has 1 aromatic rings. The number of anilines is 1. The first-order chi connectivity index (χ1) is 16.2. The molecule has 9 heteroatoms. The highest BCUT2D eigenvalue weighted by molar-refractivity contribution is 6.71. The lowest BCUT2D eigenvalue weighted by atomic mass is 9.95. The van der Waals surface area contributed by atoms with Crippen LogP contribution in [0.4, 0.5) is 10.5 Å². The van der Waals surface area contributed by atoms with Crippen molar-refractivity contribution in [3.8, 4) is 0 Å². The Balaban J connectivity index is 1.41. The Morgan fingerprint density at radius 1 is 1.24 bits per heavy atom. The molecule has 3 fully saturated rings. The van der Waals surface area contributed by atoms with Crippen LogP contribution < -0.4 is 4.90 Å². The number of hydrogen-bond donors (Lipinski definition) is 2. The molecule has 5 atom stereocenters. The van der Waals surface area contributed by atoms with Gasteiger partial charge in [0.15, 0.2) is 8.32 Å². The number of hydrogen-bond acceptors (Lipinski definition) is 6. The van der Waals surface area contributed by atoms with Crippen LogP contribution in [0.15, 0.2) is 24.3 Å². The van der Waals surface area contributed by atoms with Crippen LogP contribution >= 0.6 is 0 Å². The van der Waals surface area contributed by atoms with Gasteiger partial charge in [-0.05, 0) is 62.4 Å². The van der Waals surface area contributed by atoms with Gasteiger partial charge in [0.25, 0.3) is 0 Å². The summed E-state index contributed by atoms with van der Waals surface area (Å²) in [6, 6.07) is 7.85. The lowest BCUT2D eigenvalue weighted by molar-refractivity contribution is -0.135. The minimum Gasteiger partial charge on any atom is -0.447 e. The largest absolute Gasteiger partial charge is 0.447 e. The third kappa shape index (κ3) is 5.32. The summed E-state index contributed by atoms with van der Waals surface area (Å²) in [4.78, 5) is 39.5. The van der Waals surface area contributed by atoms with Crippen LogP contribution in [0.2, 0.25) is 18.6 Å². The molecule has 3 aliphatic heterocycles. The second-order valence-electron chi connectivity index (χ2n) is 10.5. The normalized spacial score (nSPS) is 29.7. The van der Waals surface area contributed by atoms with E-state index < -0.39 is 8.32 Å². The van der Waals surface area contributed by atoms with Crippen LogP contribution in [-0.2, 0) is 20.7 Å². The molecule has 2 N–H and O–H groups in total. The highest BCUT2D eigenvalue weighted by Gasteiger charge is 2.50. The van der Waals surface area contributed by atoms with Crippen LogP contribution in [0.3, 0.4) is 0 Å².